The standard InChI is InChI=1S/C21H22FNO5/c1-15-9-10-18(16(2)23-27-12-17-7-5-4-6-8-17)11-19(15)28-20(13-26-14-22)21(24)25-3/h4-11,13H,12,14H2,1-3H3. The summed E-state index contributed by atoms with van der Waals surface area (Å²) < 4.78 is 26.9. The number of hydrogen-bond acceptors (Lipinski definition) is 6. The van der Waals surface area contributed by atoms with Crippen molar-refractivity contribution in [2.45, 2.75) is 20.5 Å². The van der Waals surface area contributed by atoms with Crippen molar-refractivity contribution >= 4 is 11.7 Å². The van der Waals surface area contributed by atoms with E-state index in [-0.39, 0.29) is 5.76 Å². The van der Waals surface area contributed by atoms with Gasteiger partial charge in [-0.25, -0.2) is 9.18 Å². The minimum Gasteiger partial charge on any atom is -0.466 e. The Bertz CT molecular complexity index is 849. The molecule has 2 aromatic rings. The van der Waals surface area contributed by atoms with Gasteiger partial charge in [0.25, 0.3) is 0 Å². The first-order valence-corrected chi connectivity index (χ1v) is 8.50. The lowest BCUT2D eigenvalue weighted by Gasteiger charge is -2.12. The lowest BCUT2D eigenvalue weighted by atomic mass is 10.1. The maximum Gasteiger partial charge on any atom is 0.377 e. The third-order valence-electron chi connectivity index (χ3n) is 3.74. The van der Waals surface area contributed by atoms with E-state index in [9.17, 15) is 9.18 Å². The van der Waals surface area contributed by atoms with Gasteiger partial charge in [-0.3, -0.25) is 0 Å². The van der Waals surface area contributed by atoms with Crippen LogP contribution in [0.4, 0.5) is 4.39 Å². The van der Waals surface area contributed by atoms with Crippen molar-refractivity contribution in [3.63, 3.8) is 0 Å². The average Bonchev–Trinajstić information content (AvgIpc) is 2.72. The summed E-state index contributed by atoms with van der Waals surface area (Å²) in [5.41, 5.74) is 3.14. The molecule has 0 aliphatic heterocycles. The Hall–Kier alpha value is -3.35. The second-order valence-electron chi connectivity index (χ2n) is 5.77. The van der Waals surface area contributed by atoms with E-state index in [1.54, 1.807) is 13.0 Å². The molecule has 148 valence electrons. The summed E-state index contributed by atoms with van der Waals surface area (Å²) in [7, 11) is 1.19. The highest BCUT2D eigenvalue weighted by Gasteiger charge is 2.15. The van der Waals surface area contributed by atoms with Gasteiger partial charge in [0.2, 0.25) is 12.6 Å². The molecule has 0 heterocycles. The van der Waals surface area contributed by atoms with Crippen LogP contribution in [-0.4, -0.2) is 25.7 Å². The van der Waals surface area contributed by atoms with Crippen LogP contribution in [-0.2, 0) is 25.7 Å². The molecule has 0 saturated carbocycles. The van der Waals surface area contributed by atoms with Gasteiger partial charge in [0, 0.05) is 5.56 Å². The number of methoxy groups -OCH3 is 1. The van der Waals surface area contributed by atoms with Gasteiger partial charge >= 0.3 is 5.97 Å². The van der Waals surface area contributed by atoms with Gasteiger partial charge in [0.15, 0.2) is 0 Å². The van der Waals surface area contributed by atoms with Gasteiger partial charge in [-0.2, -0.15) is 0 Å². The van der Waals surface area contributed by atoms with E-state index >= 15 is 0 Å². The van der Waals surface area contributed by atoms with Crippen molar-refractivity contribution in [1.29, 1.82) is 0 Å². The van der Waals surface area contributed by atoms with Crippen molar-refractivity contribution in [3.8, 4) is 5.75 Å². The fourth-order valence-corrected chi connectivity index (χ4v) is 2.21. The molecule has 0 aliphatic carbocycles. The number of alkyl halides is 1. The first-order valence-electron chi connectivity index (χ1n) is 8.50. The second kappa shape index (κ2) is 10.7. The molecule has 0 fully saturated rings. The molecule has 0 amide bonds. The average molecular weight is 387 g/mol. The number of ether oxygens (including phenoxy) is 3. The van der Waals surface area contributed by atoms with Crippen molar-refractivity contribution in [2.24, 2.45) is 5.16 Å². The van der Waals surface area contributed by atoms with Crippen LogP contribution < -0.4 is 4.74 Å². The van der Waals surface area contributed by atoms with E-state index < -0.39 is 12.8 Å². The predicted octanol–water partition coefficient (Wildman–Crippen LogP) is 4.27. The Morgan fingerprint density at radius 2 is 1.93 bits per heavy atom. The Morgan fingerprint density at radius 3 is 2.61 bits per heavy atom. The molecule has 0 radical (unpaired) electrons. The van der Waals surface area contributed by atoms with Crippen LogP contribution in [0.3, 0.4) is 0 Å². The van der Waals surface area contributed by atoms with E-state index in [2.05, 4.69) is 14.6 Å². The molecule has 0 spiro atoms. The second-order valence-corrected chi connectivity index (χ2v) is 5.77. The number of esters is 1. The Morgan fingerprint density at radius 1 is 1.18 bits per heavy atom. The molecule has 0 N–H and O–H groups in total. The molecule has 0 unspecified atom stereocenters. The number of rotatable bonds is 9. The normalized spacial score (nSPS) is 11.7. The topological polar surface area (TPSA) is 66.4 Å². The molecular formula is C21H22FNO5. The molecule has 0 aromatic heterocycles. The maximum atomic E-state index is 12.2. The molecular weight excluding hydrogens is 365 g/mol. The lowest BCUT2D eigenvalue weighted by molar-refractivity contribution is -0.138. The molecule has 28 heavy (non-hydrogen) atoms. The van der Waals surface area contributed by atoms with Crippen molar-refractivity contribution < 1.29 is 28.2 Å². The highest BCUT2D eigenvalue weighted by molar-refractivity contribution is 5.98. The quantitative estimate of drug-likeness (QED) is 0.211. The summed E-state index contributed by atoms with van der Waals surface area (Å²) >= 11 is 0. The first-order chi connectivity index (χ1) is 13.5. The van der Waals surface area contributed by atoms with Gasteiger partial charge in [-0.15, -0.1) is 0 Å². The number of nitrogens with zero attached hydrogens (tertiary/aromatic N) is 1. The van der Waals surface area contributed by atoms with Crippen LogP contribution in [0, 0.1) is 6.92 Å². The molecule has 7 heteroatoms. The Labute approximate surface area is 163 Å². The minimum atomic E-state index is -1.09. The number of carbonyl (C=O) groups is 1. The number of oxime groups is 1. The van der Waals surface area contributed by atoms with Crippen LogP contribution in [0.1, 0.15) is 23.6 Å². The molecule has 0 bridgehead atoms. The minimum absolute atomic E-state index is 0.268. The zero-order valence-corrected chi connectivity index (χ0v) is 16.0. The van der Waals surface area contributed by atoms with E-state index in [0.29, 0.717) is 18.1 Å². The molecule has 2 aromatic carbocycles. The molecule has 2 rings (SSSR count). The van der Waals surface area contributed by atoms with E-state index in [1.807, 2.05) is 49.4 Å². The Balaban J connectivity index is 2.14. The summed E-state index contributed by atoms with van der Waals surface area (Å²) in [6, 6.07) is 15.0. The number of aryl methyl sites for hydroxylation is 1. The van der Waals surface area contributed by atoms with Crippen LogP contribution >= 0.6 is 0 Å². The van der Waals surface area contributed by atoms with Gasteiger partial charge in [0.05, 0.1) is 12.8 Å². The molecule has 0 aliphatic rings. The summed E-state index contributed by atoms with van der Waals surface area (Å²) in [4.78, 5) is 17.2. The summed E-state index contributed by atoms with van der Waals surface area (Å²) in [6.07, 6.45) is 0.877. The number of halogens is 1. The SMILES string of the molecule is COC(=O)C(=COCF)Oc1cc(C(C)=NOCc2ccccc2)ccc1C. The highest BCUT2D eigenvalue weighted by Crippen LogP contribution is 2.23. The van der Waals surface area contributed by atoms with Crippen LogP contribution in [0.15, 0.2) is 65.7 Å². The third-order valence-corrected chi connectivity index (χ3v) is 3.74. The highest BCUT2D eigenvalue weighted by atomic mass is 19.1. The molecule has 0 atom stereocenters. The predicted molar refractivity (Wildman–Crippen MR) is 102 cm³/mol. The summed E-state index contributed by atoms with van der Waals surface area (Å²) in [5.74, 6) is -0.667. The summed E-state index contributed by atoms with van der Waals surface area (Å²) in [6.45, 7) is 2.86. The van der Waals surface area contributed by atoms with Gasteiger partial charge in [-0.05, 0) is 31.0 Å². The van der Waals surface area contributed by atoms with Crippen LogP contribution in [0.5, 0.6) is 5.75 Å². The van der Waals surface area contributed by atoms with Crippen molar-refractivity contribution in [3.05, 3.63) is 77.2 Å². The fourth-order valence-electron chi connectivity index (χ4n) is 2.21. The summed E-state index contributed by atoms with van der Waals surface area (Å²) in [5, 5.41) is 4.12. The number of hydrogen-bond donors (Lipinski definition) is 0. The fraction of sp³-hybridized carbons (Fsp3) is 0.238. The zero-order valence-electron chi connectivity index (χ0n) is 16.0. The smallest absolute Gasteiger partial charge is 0.377 e. The van der Waals surface area contributed by atoms with Gasteiger partial charge in [-0.1, -0.05) is 47.6 Å². The number of carbonyl (C=O) groups excluding carboxylic acids is 1. The van der Waals surface area contributed by atoms with E-state index in [1.165, 1.54) is 7.11 Å². The van der Waals surface area contributed by atoms with Crippen LogP contribution in [0.2, 0.25) is 0 Å². The van der Waals surface area contributed by atoms with E-state index in [4.69, 9.17) is 9.57 Å². The lowest BCUT2D eigenvalue weighted by Crippen LogP contribution is -2.12. The molecule has 0 saturated heterocycles. The largest absolute Gasteiger partial charge is 0.466 e. The third kappa shape index (κ3) is 6.12. The van der Waals surface area contributed by atoms with Gasteiger partial charge < -0.3 is 19.0 Å². The Kier molecular flexibility index (Phi) is 8.02. The first kappa shape index (κ1) is 21.0. The van der Waals surface area contributed by atoms with Crippen molar-refractivity contribution in [1.82, 2.24) is 0 Å². The van der Waals surface area contributed by atoms with Crippen molar-refractivity contribution in [2.75, 3.05) is 14.0 Å². The van der Waals surface area contributed by atoms with E-state index in [0.717, 1.165) is 23.0 Å². The molecule has 6 nitrogen and oxygen atoms in total. The monoisotopic (exact) mass is 387 g/mol. The number of benzene rings is 2. The maximum absolute atomic E-state index is 12.2. The van der Waals surface area contributed by atoms with Crippen LogP contribution in [0.25, 0.3) is 0 Å². The zero-order chi connectivity index (χ0) is 20.4. The van der Waals surface area contributed by atoms with Gasteiger partial charge in [0.1, 0.15) is 18.6 Å².